The van der Waals surface area contributed by atoms with Gasteiger partial charge >= 0.3 is 5.97 Å². The van der Waals surface area contributed by atoms with Crippen LogP contribution in [0.25, 0.3) is 0 Å². The maximum Gasteiger partial charge on any atom is 0.334 e. The molecule has 0 amide bonds. The van der Waals surface area contributed by atoms with Crippen molar-refractivity contribution in [1.82, 2.24) is 0 Å². The lowest BCUT2D eigenvalue weighted by atomic mass is 10.4. The van der Waals surface area contributed by atoms with Gasteiger partial charge in [0.05, 0.1) is 6.61 Å². The summed E-state index contributed by atoms with van der Waals surface area (Å²) in [4.78, 5) is 18.9. The number of aliphatic hydroxyl groups excluding tert-OH is 1. The van der Waals surface area contributed by atoms with E-state index in [-0.39, 0.29) is 0 Å². The van der Waals surface area contributed by atoms with Gasteiger partial charge in [0.15, 0.2) is 0 Å². The summed E-state index contributed by atoms with van der Waals surface area (Å²) >= 11 is 4.08. The zero-order chi connectivity index (χ0) is 10.1. The number of carbonyl (C=O) groups excluding carboxylic acids is 2. The maximum atomic E-state index is 10.3. The van der Waals surface area contributed by atoms with E-state index in [1.807, 2.05) is 0 Å². The van der Waals surface area contributed by atoms with Crippen molar-refractivity contribution in [2.75, 3.05) is 6.61 Å². The number of hydrogen-bond acceptors (Lipinski definition) is 5. The van der Waals surface area contributed by atoms with Crippen LogP contribution >= 0.6 is 11.6 Å². The number of hydrogen-bond donors (Lipinski definition) is 1. The molecule has 0 radical (unpaired) electrons. The summed E-state index contributed by atoms with van der Waals surface area (Å²) in [6, 6.07) is 0. The molecule has 0 fully saturated rings. The topological polar surface area (TPSA) is 86.7 Å². The average molecular weight is 198 g/mol. The van der Waals surface area contributed by atoms with E-state index in [0.29, 0.717) is 6.61 Å². The molecule has 0 bridgehead atoms. The number of rotatable bonds is 2. The van der Waals surface area contributed by atoms with Crippen molar-refractivity contribution in [3.05, 3.63) is 0 Å². The van der Waals surface area contributed by atoms with Crippen molar-refractivity contribution in [3.63, 3.8) is 0 Å². The predicted molar refractivity (Wildman–Crippen MR) is 39.6 cm³/mol. The Bertz CT molecular complexity index is 141. The first-order valence-corrected chi connectivity index (χ1v) is 3.50. The second-order valence-corrected chi connectivity index (χ2v) is 1.97. The molecule has 0 aromatic heterocycles. The van der Waals surface area contributed by atoms with E-state index in [2.05, 4.69) is 16.3 Å². The highest BCUT2D eigenvalue weighted by Gasteiger charge is 2.07. The Hall–Kier alpha value is -0.810. The van der Waals surface area contributed by atoms with E-state index in [9.17, 15) is 4.79 Å². The van der Waals surface area contributed by atoms with Crippen LogP contribution in [-0.2, 0) is 9.53 Å². The third-order valence-electron chi connectivity index (χ3n) is 0.628. The Morgan fingerprint density at radius 3 is 2.08 bits per heavy atom. The predicted octanol–water partition coefficient (Wildman–Crippen LogP) is -0.501. The molecule has 0 aliphatic carbocycles. The van der Waals surface area contributed by atoms with Crippen molar-refractivity contribution < 1.29 is 24.5 Å². The summed E-state index contributed by atoms with van der Waals surface area (Å²) in [5.74, 6) is -0.562. The number of ether oxygens (including phenoxy) is 1. The van der Waals surface area contributed by atoms with Crippen LogP contribution < -0.4 is 5.11 Å². The Morgan fingerprint density at radius 2 is 2.00 bits per heavy atom. The molecule has 72 valence electrons. The van der Waals surface area contributed by atoms with Crippen LogP contribution in [0, 0.1) is 0 Å². The first-order valence-electron chi connectivity index (χ1n) is 3.13. The standard InChI is InChI=1S/C5H10O3.CHClO2/c1-3-8-5(7)4(2)6;2-1(3)4/h4,6H,3H2,1-2H3;(H,3,4)/p-1. The lowest BCUT2D eigenvalue weighted by Gasteiger charge is -2.01. The molecule has 1 unspecified atom stereocenters. The summed E-state index contributed by atoms with van der Waals surface area (Å²) in [5, 5.41) is 17.1. The molecule has 0 aromatic rings. The van der Waals surface area contributed by atoms with Gasteiger partial charge in [-0.2, -0.15) is 0 Å². The Labute approximate surface area is 74.9 Å². The summed E-state index contributed by atoms with van der Waals surface area (Å²) in [5.41, 5.74) is -1.61. The number of carbonyl (C=O) groups is 2. The summed E-state index contributed by atoms with van der Waals surface area (Å²) in [6.07, 6.45) is -0.991. The smallest absolute Gasteiger partial charge is 0.334 e. The summed E-state index contributed by atoms with van der Waals surface area (Å²) in [6.45, 7) is 3.39. The third kappa shape index (κ3) is 16.1. The van der Waals surface area contributed by atoms with Gasteiger partial charge < -0.3 is 19.7 Å². The van der Waals surface area contributed by atoms with Crippen molar-refractivity contribution in [2.45, 2.75) is 20.0 Å². The molecule has 1 N–H and O–H groups in total. The molecule has 0 aliphatic heterocycles. The van der Waals surface area contributed by atoms with Crippen LogP contribution in [-0.4, -0.2) is 29.2 Å². The summed E-state index contributed by atoms with van der Waals surface area (Å²) in [7, 11) is 0. The van der Waals surface area contributed by atoms with E-state index in [1.54, 1.807) is 6.92 Å². The third-order valence-corrected chi connectivity index (χ3v) is 0.628. The van der Waals surface area contributed by atoms with Crippen LogP contribution in [0.3, 0.4) is 0 Å². The minimum Gasteiger partial charge on any atom is -0.534 e. The highest BCUT2D eigenvalue weighted by atomic mass is 35.5. The molecule has 0 aromatic carbocycles. The number of carboxylic acid groups (broad SMARTS) is 1. The monoisotopic (exact) mass is 197 g/mol. The minimum absolute atomic E-state index is 0.323. The van der Waals surface area contributed by atoms with Crippen LogP contribution in [0.15, 0.2) is 0 Å². The van der Waals surface area contributed by atoms with Crippen molar-refractivity contribution in [3.8, 4) is 0 Å². The second-order valence-electron chi connectivity index (χ2n) is 1.67. The lowest BCUT2D eigenvalue weighted by molar-refractivity contribution is -0.233. The minimum atomic E-state index is -1.61. The molecule has 5 nitrogen and oxygen atoms in total. The Balaban J connectivity index is 0. The fraction of sp³-hybridized carbons (Fsp3) is 0.667. The van der Waals surface area contributed by atoms with Gasteiger partial charge in [-0.05, 0) is 13.8 Å². The average Bonchev–Trinajstić information content (AvgIpc) is 1.86. The van der Waals surface area contributed by atoms with E-state index in [4.69, 9.17) is 15.0 Å². The largest absolute Gasteiger partial charge is 0.534 e. The fourth-order valence-electron chi connectivity index (χ4n) is 0.263. The second kappa shape index (κ2) is 8.29. The van der Waals surface area contributed by atoms with Gasteiger partial charge in [0, 0.05) is 0 Å². The van der Waals surface area contributed by atoms with Crippen LogP contribution in [0.2, 0.25) is 0 Å². The van der Waals surface area contributed by atoms with Gasteiger partial charge in [-0.15, -0.1) is 0 Å². The molecule has 0 heterocycles. The first kappa shape index (κ1) is 13.8. The fourth-order valence-corrected chi connectivity index (χ4v) is 0.263. The number of esters is 1. The molecule has 0 saturated carbocycles. The Morgan fingerprint density at radius 1 is 1.67 bits per heavy atom. The van der Waals surface area contributed by atoms with Gasteiger partial charge in [0.25, 0.3) is 0 Å². The van der Waals surface area contributed by atoms with Crippen LogP contribution in [0.5, 0.6) is 0 Å². The molecular formula is C6H10ClO5-. The van der Waals surface area contributed by atoms with Crippen molar-refractivity contribution >= 4 is 23.0 Å². The molecule has 0 spiro atoms. The molecule has 12 heavy (non-hydrogen) atoms. The molecule has 0 aliphatic rings. The number of halogens is 1. The molecule has 1 atom stereocenters. The maximum absolute atomic E-state index is 10.3. The first-order chi connectivity index (χ1) is 5.41. The lowest BCUT2D eigenvalue weighted by Crippen LogP contribution is -2.18. The van der Waals surface area contributed by atoms with E-state index >= 15 is 0 Å². The van der Waals surface area contributed by atoms with E-state index in [1.165, 1.54) is 6.92 Å². The van der Waals surface area contributed by atoms with E-state index in [0.717, 1.165) is 0 Å². The van der Waals surface area contributed by atoms with Gasteiger partial charge in [-0.25, -0.2) is 4.79 Å². The molecule has 0 saturated heterocycles. The van der Waals surface area contributed by atoms with Crippen molar-refractivity contribution in [1.29, 1.82) is 0 Å². The van der Waals surface area contributed by atoms with Gasteiger partial charge in [-0.1, -0.05) is 11.6 Å². The van der Waals surface area contributed by atoms with Gasteiger partial charge in [0.2, 0.25) is 0 Å². The highest BCUT2D eigenvalue weighted by molar-refractivity contribution is 6.59. The quantitative estimate of drug-likeness (QED) is 0.476. The molecule has 6 heteroatoms. The van der Waals surface area contributed by atoms with Gasteiger partial charge in [-0.3, -0.25) is 0 Å². The summed E-state index contributed by atoms with van der Waals surface area (Å²) < 4.78 is 4.41. The van der Waals surface area contributed by atoms with Crippen LogP contribution in [0.4, 0.5) is 4.79 Å². The normalized spacial score (nSPS) is 10.7. The van der Waals surface area contributed by atoms with Crippen LogP contribution in [0.1, 0.15) is 13.8 Å². The molecule has 0 rings (SSSR count). The van der Waals surface area contributed by atoms with Crippen molar-refractivity contribution in [2.24, 2.45) is 0 Å². The SMILES string of the molecule is CCOC(=O)C(C)O.O=C([O-])Cl. The zero-order valence-electron chi connectivity index (χ0n) is 6.74. The Kier molecular flexibility index (Phi) is 9.50. The highest BCUT2D eigenvalue weighted by Crippen LogP contribution is 1.84. The number of aliphatic hydroxyl groups is 1. The molecular weight excluding hydrogens is 188 g/mol. The zero-order valence-corrected chi connectivity index (χ0v) is 7.50. The van der Waals surface area contributed by atoms with E-state index < -0.39 is 17.5 Å². The van der Waals surface area contributed by atoms with Gasteiger partial charge in [0.1, 0.15) is 11.5 Å².